The molecule has 2 unspecified atom stereocenters. The molecule has 1 saturated carbocycles. The van der Waals surface area contributed by atoms with Crippen LogP contribution in [0.3, 0.4) is 0 Å². The second kappa shape index (κ2) is 6.77. The monoisotopic (exact) mass is 386 g/mol. The Morgan fingerprint density at radius 1 is 1.12 bits per heavy atom. The molecule has 0 aromatic heterocycles. The fourth-order valence-corrected chi connectivity index (χ4v) is 3.10. The lowest BCUT2D eigenvalue weighted by Gasteiger charge is -2.10. The first-order chi connectivity index (χ1) is 11.4. The second-order valence-electron chi connectivity index (χ2n) is 6.30. The first-order valence-electron chi connectivity index (χ1n) is 7.92. The van der Waals surface area contributed by atoms with E-state index in [2.05, 4.69) is 33.5 Å². The van der Waals surface area contributed by atoms with Gasteiger partial charge in [0.05, 0.1) is 0 Å². The minimum absolute atomic E-state index is 0.0313. The molecule has 1 fully saturated rings. The van der Waals surface area contributed by atoms with E-state index in [4.69, 9.17) is 0 Å². The Balaban J connectivity index is 1.70. The van der Waals surface area contributed by atoms with Crippen molar-refractivity contribution in [2.75, 3.05) is 10.6 Å². The molecule has 2 atom stereocenters. The summed E-state index contributed by atoms with van der Waals surface area (Å²) in [7, 11) is 0. The lowest BCUT2D eigenvalue weighted by Crippen LogP contribution is -2.16. The van der Waals surface area contributed by atoms with Gasteiger partial charge in [0, 0.05) is 27.3 Å². The number of rotatable bonds is 4. The highest BCUT2D eigenvalue weighted by Crippen LogP contribution is 2.38. The zero-order chi connectivity index (χ0) is 17.3. The molecule has 24 heavy (non-hydrogen) atoms. The predicted octanol–water partition coefficient (Wildman–Crippen LogP) is 4.60. The van der Waals surface area contributed by atoms with Gasteiger partial charge in [-0.15, -0.1) is 0 Å². The summed E-state index contributed by atoms with van der Waals surface area (Å²) in [5.41, 5.74) is 2.91. The molecular weight excluding hydrogens is 368 g/mol. The normalized spacial score (nSPS) is 18.8. The highest BCUT2D eigenvalue weighted by molar-refractivity contribution is 9.10. The molecule has 0 radical (unpaired) electrons. The smallest absolute Gasteiger partial charge is 0.255 e. The number of carbonyl (C=O) groups is 2. The van der Waals surface area contributed by atoms with Crippen LogP contribution in [0.1, 0.15) is 29.3 Å². The molecule has 2 aromatic carbocycles. The van der Waals surface area contributed by atoms with Crippen LogP contribution in [0.25, 0.3) is 0 Å². The first-order valence-corrected chi connectivity index (χ1v) is 8.72. The maximum absolute atomic E-state index is 12.5. The Morgan fingerprint density at radius 2 is 1.88 bits per heavy atom. The van der Waals surface area contributed by atoms with E-state index in [9.17, 15) is 9.59 Å². The quantitative estimate of drug-likeness (QED) is 0.805. The number of anilines is 2. The van der Waals surface area contributed by atoms with Gasteiger partial charge in [0.1, 0.15) is 0 Å². The minimum atomic E-state index is -0.198. The molecule has 0 spiro atoms. The summed E-state index contributed by atoms with van der Waals surface area (Å²) in [5.74, 6) is 0.393. The third-order valence-electron chi connectivity index (χ3n) is 4.28. The summed E-state index contributed by atoms with van der Waals surface area (Å²) < 4.78 is 0.969. The molecule has 0 saturated heterocycles. The maximum atomic E-state index is 12.5. The van der Waals surface area contributed by atoms with E-state index in [0.717, 1.165) is 22.1 Å². The first kappa shape index (κ1) is 16.7. The predicted molar refractivity (Wildman–Crippen MR) is 99.2 cm³/mol. The van der Waals surface area contributed by atoms with Gasteiger partial charge in [-0.1, -0.05) is 28.9 Å². The SMILES string of the molecule is Cc1cc(Br)ccc1NC(=O)c1cccc(NC(=O)C2CC2C)c1. The molecule has 0 aliphatic heterocycles. The van der Waals surface area contributed by atoms with Crippen molar-refractivity contribution in [2.24, 2.45) is 11.8 Å². The van der Waals surface area contributed by atoms with Crippen LogP contribution in [0.2, 0.25) is 0 Å². The van der Waals surface area contributed by atoms with Crippen molar-refractivity contribution < 1.29 is 9.59 Å². The van der Waals surface area contributed by atoms with Gasteiger partial charge in [-0.25, -0.2) is 0 Å². The summed E-state index contributed by atoms with van der Waals surface area (Å²) in [6.45, 7) is 4.00. The van der Waals surface area contributed by atoms with E-state index in [-0.39, 0.29) is 17.7 Å². The number of carbonyl (C=O) groups excluding carboxylic acids is 2. The number of benzene rings is 2. The van der Waals surface area contributed by atoms with E-state index < -0.39 is 0 Å². The van der Waals surface area contributed by atoms with E-state index in [1.807, 2.05) is 25.1 Å². The average molecular weight is 387 g/mol. The highest BCUT2D eigenvalue weighted by atomic mass is 79.9. The Labute approximate surface area is 149 Å². The molecule has 0 heterocycles. The standard InChI is InChI=1S/C19H19BrN2O2/c1-11-9-16(11)19(24)21-15-5-3-4-13(10-15)18(23)22-17-7-6-14(20)8-12(17)2/h3-8,10-11,16H,9H2,1-2H3,(H,21,24)(H,22,23). The van der Waals surface area contributed by atoms with Gasteiger partial charge in [0.15, 0.2) is 0 Å². The van der Waals surface area contributed by atoms with Crippen LogP contribution in [0.4, 0.5) is 11.4 Å². The molecule has 1 aliphatic carbocycles. The van der Waals surface area contributed by atoms with E-state index in [0.29, 0.717) is 17.2 Å². The van der Waals surface area contributed by atoms with Crippen LogP contribution in [0.15, 0.2) is 46.9 Å². The van der Waals surface area contributed by atoms with Crippen LogP contribution in [-0.2, 0) is 4.79 Å². The number of aryl methyl sites for hydroxylation is 1. The van der Waals surface area contributed by atoms with Crippen LogP contribution in [0.5, 0.6) is 0 Å². The summed E-state index contributed by atoms with van der Waals surface area (Å²) in [6, 6.07) is 12.7. The Bertz CT molecular complexity index is 804. The molecule has 0 bridgehead atoms. The average Bonchev–Trinajstić information content (AvgIpc) is 3.27. The molecule has 124 valence electrons. The highest BCUT2D eigenvalue weighted by Gasteiger charge is 2.39. The van der Waals surface area contributed by atoms with Crippen LogP contribution < -0.4 is 10.6 Å². The second-order valence-corrected chi connectivity index (χ2v) is 7.22. The summed E-state index contributed by atoms with van der Waals surface area (Å²) >= 11 is 3.41. The van der Waals surface area contributed by atoms with Crippen molar-refractivity contribution in [3.63, 3.8) is 0 Å². The number of halogens is 1. The van der Waals surface area contributed by atoms with Gasteiger partial charge in [-0.2, -0.15) is 0 Å². The molecule has 2 amide bonds. The van der Waals surface area contributed by atoms with E-state index in [1.165, 1.54) is 0 Å². The van der Waals surface area contributed by atoms with E-state index in [1.54, 1.807) is 24.3 Å². The number of hydrogen-bond acceptors (Lipinski definition) is 2. The summed E-state index contributed by atoms with van der Waals surface area (Å²) in [6.07, 6.45) is 0.939. The zero-order valence-corrected chi connectivity index (χ0v) is 15.2. The fraction of sp³-hybridized carbons (Fsp3) is 0.263. The zero-order valence-electron chi connectivity index (χ0n) is 13.6. The third-order valence-corrected chi connectivity index (χ3v) is 4.77. The maximum Gasteiger partial charge on any atom is 0.255 e. The van der Waals surface area contributed by atoms with Crippen LogP contribution >= 0.6 is 15.9 Å². The molecule has 2 aromatic rings. The Morgan fingerprint density at radius 3 is 2.54 bits per heavy atom. The molecule has 1 aliphatic rings. The van der Waals surface area contributed by atoms with Gasteiger partial charge in [0.25, 0.3) is 5.91 Å². The Kier molecular flexibility index (Phi) is 4.71. The molecule has 4 nitrogen and oxygen atoms in total. The molecular formula is C19H19BrN2O2. The summed E-state index contributed by atoms with van der Waals surface area (Å²) in [4.78, 5) is 24.5. The van der Waals surface area contributed by atoms with Gasteiger partial charge >= 0.3 is 0 Å². The topological polar surface area (TPSA) is 58.2 Å². The third kappa shape index (κ3) is 3.85. The molecule has 2 N–H and O–H groups in total. The van der Waals surface area contributed by atoms with Crippen LogP contribution in [0, 0.1) is 18.8 Å². The van der Waals surface area contributed by atoms with Crippen molar-refractivity contribution in [2.45, 2.75) is 20.3 Å². The largest absolute Gasteiger partial charge is 0.326 e. The lowest BCUT2D eigenvalue weighted by molar-refractivity contribution is -0.117. The van der Waals surface area contributed by atoms with Gasteiger partial charge in [-0.3, -0.25) is 9.59 Å². The molecule has 3 rings (SSSR count). The van der Waals surface area contributed by atoms with Crippen molar-refractivity contribution in [1.82, 2.24) is 0 Å². The minimum Gasteiger partial charge on any atom is -0.326 e. The lowest BCUT2D eigenvalue weighted by atomic mass is 10.1. The van der Waals surface area contributed by atoms with E-state index >= 15 is 0 Å². The van der Waals surface area contributed by atoms with Crippen molar-refractivity contribution in [3.05, 3.63) is 58.1 Å². The summed E-state index contributed by atoms with van der Waals surface area (Å²) in [5, 5.41) is 5.79. The number of nitrogens with one attached hydrogen (secondary N) is 2. The number of hydrogen-bond donors (Lipinski definition) is 2. The van der Waals surface area contributed by atoms with Crippen molar-refractivity contribution in [1.29, 1.82) is 0 Å². The van der Waals surface area contributed by atoms with Gasteiger partial charge in [0.2, 0.25) is 5.91 Å². The number of amides is 2. The van der Waals surface area contributed by atoms with Gasteiger partial charge in [-0.05, 0) is 61.2 Å². The van der Waals surface area contributed by atoms with Crippen molar-refractivity contribution in [3.8, 4) is 0 Å². The van der Waals surface area contributed by atoms with Crippen molar-refractivity contribution >= 4 is 39.1 Å². The van der Waals surface area contributed by atoms with Crippen LogP contribution in [-0.4, -0.2) is 11.8 Å². The van der Waals surface area contributed by atoms with Gasteiger partial charge < -0.3 is 10.6 Å². The molecule has 5 heteroatoms. The fourth-order valence-electron chi connectivity index (χ4n) is 2.62. The Hall–Kier alpha value is -2.14.